The van der Waals surface area contributed by atoms with E-state index in [2.05, 4.69) is 15.6 Å². The van der Waals surface area contributed by atoms with Crippen molar-refractivity contribution in [1.29, 1.82) is 0 Å². The summed E-state index contributed by atoms with van der Waals surface area (Å²) in [5, 5.41) is 15.7. The lowest BCUT2D eigenvalue weighted by molar-refractivity contribution is -0.140. The van der Waals surface area contributed by atoms with Crippen molar-refractivity contribution in [2.75, 3.05) is 0 Å². The Morgan fingerprint density at radius 2 is 2.24 bits per heavy atom. The number of hydrogen-bond acceptors (Lipinski definition) is 4. The lowest BCUT2D eigenvalue weighted by Gasteiger charge is -2.17. The lowest BCUT2D eigenvalue weighted by atomic mass is 10.1. The van der Waals surface area contributed by atoms with E-state index in [-0.39, 0.29) is 5.92 Å². The summed E-state index contributed by atoms with van der Waals surface area (Å²) < 4.78 is 0. The SMILES string of the molecule is CC(C)[C@@H](NC(=O)NCc1cscn1)C(=O)O. The minimum atomic E-state index is -1.04. The zero-order valence-electron chi connectivity index (χ0n) is 9.64. The van der Waals surface area contributed by atoms with Crippen LogP contribution in [0.3, 0.4) is 0 Å². The number of carbonyl (C=O) groups excluding carboxylic acids is 1. The van der Waals surface area contributed by atoms with Crippen LogP contribution in [-0.2, 0) is 11.3 Å². The molecule has 1 aromatic rings. The van der Waals surface area contributed by atoms with E-state index in [1.165, 1.54) is 11.3 Å². The molecule has 94 valence electrons. The molecule has 1 heterocycles. The lowest BCUT2D eigenvalue weighted by Crippen LogP contribution is -2.48. The molecule has 6 nitrogen and oxygen atoms in total. The Balaban J connectivity index is 2.40. The van der Waals surface area contributed by atoms with Crippen LogP contribution in [-0.4, -0.2) is 28.1 Å². The van der Waals surface area contributed by atoms with Crippen LogP contribution in [0.15, 0.2) is 10.9 Å². The van der Waals surface area contributed by atoms with Crippen LogP contribution in [0.5, 0.6) is 0 Å². The van der Waals surface area contributed by atoms with E-state index in [0.717, 1.165) is 5.69 Å². The van der Waals surface area contributed by atoms with Crippen molar-refractivity contribution in [3.05, 3.63) is 16.6 Å². The molecule has 0 aliphatic rings. The maximum atomic E-state index is 11.4. The fourth-order valence-electron chi connectivity index (χ4n) is 1.20. The first kappa shape index (κ1) is 13.4. The van der Waals surface area contributed by atoms with E-state index in [4.69, 9.17) is 5.11 Å². The second-order valence-corrected chi connectivity index (χ2v) is 4.59. The van der Waals surface area contributed by atoms with Gasteiger partial charge in [0, 0.05) is 5.38 Å². The number of amides is 2. The van der Waals surface area contributed by atoms with Gasteiger partial charge in [-0.15, -0.1) is 11.3 Å². The first-order chi connectivity index (χ1) is 8.00. The highest BCUT2D eigenvalue weighted by atomic mass is 32.1. The molecule has 0 aliphatic carbocycles. The highest BCUT2D eigenvalue weighted by molar-refractivity contribution is 7.07. The average Bonchev–Trinajstić information content (AvgIpc) is 2.74. The van der Waals surface area contributed by atoms with Gasteiger partial charge in [0.2, 0.25) is 0 Å². The summed E-state index contributed by atoms with van der Waals surface area (Å²) in [4.78, 5) is 26.3. The second-order valence-electron chi connectivity index (χ2n) is 3.87. The molecular weight excluding hydrogens is 242 g/mol. The van der Waals surface area contributed by atoms with Crippen molar-refractivity contribution in [1.82, 2.24) is 15.6 Å². The topological polar surface area (TPSA) is 91.3 Å². The summed E-state index contributed by atoms with van der Waals surface area (Å²) in [6, 6.07) is -1.38. The molecular formula is C10H15N3O3S. The average molecular weight is 257 g/mol. The van der Waals surface area contributed by atoms with Gasteiger partial charge in [0.05, 0.1) is 17.7 Å². The van der Waals surface area contributed by atoms with Gasteiger partial charge >= 0.3 is 12.0 Å². The Hall–Kier alpha value is -1.63. The number of nitrogens with zero attached hydrogens (tertiary/aromatic N) is 1. The van der Waals surface area contributed by atoms with Crippen LogP contribution in [0.2, 0.25) is 0 Å². The van der Waals surface area contributed by atoms with Gasteiger partial charge in [-0.3, -0.25) is 0 Å². The van der Waals surface area contributed by atoms with E-state index in [9.17, 15) is 9.59 Å². The zero-order valence-corrected chi connectivity index (χ0v) is 10.5. The van der Waals surface area contributed by atoms with Gasteiger partial charge in [-0.2, -0.15) is 0 Å². The van der Waals surface area contributed by atoms with Crippen LogP contribution < -0.4 is 10.6 Å². The van der Waals surface area contributed by atoms with Gasteiger partial charge < -0.3 is 15.7 Å². The Labute approximate surface area is 103 Å². The smallest absolute Gasteiger partial charge is 0.326 e. The van der Waals surface area contributed by atoms with Crippen molar-refractivity contribution in [3.8, 4) is 0 Å². The molecule has 0 aromatic carbocycles. The van der Waals surface area contributed by atoms with Gasteiger partial charge in [0.1, 0.15) is 6.04 Å². The Kier molecular flexibility index (Phi) is 4.89. The molecule has 3 N–H and O–H groups in total. The Morgan fingerprint density at radius 3 is 2.71 bits per heavy atom. The van der Waals surface area contributed by atoms with Crippen LogP contribution in [0.25, 0.3) is 0 Å². The summed E-state index contributed by atoms with van der Waals surface area (Å²) in [7, 11) is 0. The molecule has 0 aliphatic heterocycles. The minimum absolute atomic E-state index is 0.169. The number of carbonyl (C=O) groups is 2. The van der Waals surface area contributed by atoms with Gasteiger partial charge in [-0.1, -0.05) is 13.8 Å². The molecule has 0 saturated heterocycles. The third-order valence-corrected chi connectivity index (χ3v) is 2.77. The quantitative estimate of drug-likeness (QED) is 0.735. The molecule has 7 heteroatoms. The van der Waals surface area contributed by atoms with E-state index >= 15 is 0 Å². The maximum absolute atomic E-state index is 11.4. The van der Waals surface area contributed by atoms with E-state index in [1.807, 2.05) is 5.38 Å². The number of rotatable bonds is 5. The number of carboxylic acids is 1. The normalized spacial score (nSPS) is 12.2. The standard InChI is InChI=1S/C10H15N3O3S/c1-6(2)8(9(14)15)13-10(16)11-3-7-4-17-5-12-7/h4-6,8H,3H2,1-2H3,(H,14,15)(H2,11,13,16)/t8-/m1/s1. The Bertz CT molecular complexity index is 378. The summed E-state index contributed by atoms with van der Waals surface area (Å²) >= 11 is 1.44. The molecule has 2 amide bonds. The molecule has 1 rings (SSSR count). The van der Waals surface area contributed by atoms with Crippen molar-refractivity contribution in [2.45, 2.75) is 26.4 Å². The fourth-order valence-corrected chi connectivity index (χ4v) is 1.76. The van der Waals surface area contributed by atoms with E-state index in [0.29, 0.717) is 6.54 Å². The predicted molar refractivity (Wildman–Crippen MR) is 63.7 cm³/mol. The number of hydrogen-bond donors (Lipinski definition) is 3. The molecule has 0 spiro atoms. The first-order valence-corrected chi connectivity index (χ1v) is 6.09. The molecule has 1 aromatic heterocycles. The van der Waals surface area contributed by atoms with Crippen molar-refractivity contribution >= 4 is 23.3 Å². The van der Waals surface area contributed by atoms with Crippen LogP contribution >= 0.6 is 11.3 Å². The van der Waals surface area contributed by atoms with Crippen molar-refractivity contribution < 1.29 is 14.7 Å². The number of urea groups is 1. The first-order valence-electron chi connectivity index (χ1n) is 5.15. The molecule has 0 unspecified atom stereocenters. The molecule has 17 heavy (non-hydrogen) atoms. The van der Waals surface area contributed by atoms with Gasteiger partial charge in [0.25, 0.3) is 0 Å². The predicted octanol–water partition coefficient (Wildman–Crippen LogP) is 1.05. The van der Waals surface area contributed by atoms with E-state index in [1.54, 1.807) is 19.4 Å². The molecule has 0 fully saturated rings. The van der Waals surface area contributed by atoms with E-state index < -0.39 is 18.0 Å². The van der Waals surface area contributed by atoms with Crippen molar-refractivity contribution in [3.63, 3.8) is 0 Å². The molecule has 0 radical (unpaired) electrons. The van der Waals surface area contributed by atoms with Crippen LogP contribution in [0, 0.1) is 5.92 Å². The van der Waals surface area contributed by atoms with Crippen LogP contribution in [0.4, 0.5) is 4.79 Å². The summed E-state index contributed by atoms with van der Waals surface area (Å²) in [5.74, 6) is -1.21. The maximum Gasteiger partial charge on any atom is 0.326 e. The number of nitrogens with one attached hydrogen (secondary N) is 2. The number of aromatic nitrogens is 1. The number of thiazole rings is 1. The minimum Gasteiger partial charge on any atom is -0.480 e. The highest BCUT2D eigenvalue weighted by Gasteiger charge is 2.23. The second kappa shape index (κ2) is 6.19. The van der Waals surface area contributed by atoms with Gasteiger partial charge in [0.15, 0.2) is 0 Å². The van der Waals surface area contributed by atoms with Crippen molar-refractivity contribution in [2.24, 2.45) is 5.92 Å². The zero-order chi connectivity index (χ0) is 12.8. The highest BCUT2D eigenvalue weighted by Crippen LogP contribution is 2.02. The third kappa shape index (κ3) is 4.39. The van der Waals surface area contributed by atoms with Gasteiger partial charge in [-0.05, 0) is 5.92 Å². The number of carboxylic acid groups (broad SMARTS) is 1. The largest absolute Gasteiger partial charge is 0.480 e. The van der Waals surface area contributed by atoms with Crippen LogP contribution in [0.1, 0.15) is 19.5 Å². The monoisotopic (exact) mass is 257 g/mol. The molecule has 0 bridgehead atoms. The molecule has 1 atom stereocenters. The van der Waals surface area contributed by atoms with Gasteiger partial charge in [-0.25, -0.2) is 14.6 Å². The summed E-state index contributed by atoms with van der Waals surface area (Å²) in [6.07, 6.45) is 0. The summed E-state index contributed by atoms with van der Waals surface area (Å²) in [5.41, 5.74) is 2.42. The number of aliphatic carboxylic acids is 1. The third-order valence-electron chi connectivity index (χ3n) is 2.13. The fraction of sp³-hybridized carbons (Fsp3) is 0.500. The Morgan fingerprint density at radius 1 is 1.53 bits per heavy atom. The summed E-state index contributed by atoms with van der Waals surface area (Å²) in [6.45, 7) is 3.76. The molecule has 0 saturated carbocycles.